The molecule has 0 unspecified atom stereocenters. The second-order valence-electron chi connectivity index (χ2n) is 5.97. The lowest BCUT2D eigenvalue weighted by molar-refractivity contribution is 0.0697. The molecule has 1 N–H and O–H groups in total. The summed E-state index contributed by atoms with van der Waals surface area (Å²) in [5.74, 6) is -0.879. The average Bonchev–Trinajstić information content (AvgIpc) is 3.17. The molecule has 0 bridgehead atoms. The van der Waals surface area contributed by atoms with Crippen molar-refractivity contribution in [3.8, 4) is 0 Å². The number of anilines is 2. The molecule has 0 aliphatic carbocycles. The molecule has 0 spiro atoms. The van der Waals surface area contributed by atoms with E-state index in [2.05, 4.69) is 39.4 Å². The first-order valence-corrected chi connectivity index (χ1v) is 9.89. The number of nitrogens with zero attached hydrogens (tertiary/aromatic N) is 2. The van der Waals surface area contributed by atoms with Gasteiger partial charge in [0, 0.05) is 42.3 Å². The summed E-state index contributed by atoms with van der Waals surface area (Å²) in [7, 11) is 0. The minimum absolute atomic E-state index is 0.335. The third-order valence-electron chi connectivity index (χ3n) is 4.56. The van der Waals surface area contributed by atoms with Crippen LogP contribution in [0.25, 0.3) is 10.1 Å². The van der Waals surface area contributed by atoms with Gasteiger partial charge in [-0.15, -0.1) is 11.3 Å². The topological polar surface area (TPSA) is 43.8 Å². The van der Waals surface area contributed by atoms with Crippen molar-refractivity contribution in [3.05, 3.63) is 59.5 Å². The Bertz CT molecular complexity index is 865. The van der Waals surface area contributed by atoms with Gasteiger partial charge in [0.15, 0.2) is 0 Å². The molecule has 26 heavy (non-hydrogen) atoms. The number of thiophene rings is 1. The lowest BCUT2D eigenvalue weighted by Crippen LogP contribution is -2.46. The Hall–Kier alpha value is -2.53. The summed E-state index contributed by atoms with van der Waals surface area (Å²) in [4.78, 5) is 15.7. The average molecular weight is 369 g/mol. The molecule has 1 aliphatic rings. The highest BCUT2D eigenvalue weighted by Gasteiger charge is 2.18. The van der Waals surface area contributed by atoms with E-state index < -0.39 is 5.97 Å². The van der Waals surface area contributed by atoms with Crippen molar-refractivity contribution in [2.45, 2.75) is 13.8 Å². The number of piperazine rings is 1. The fourth-order valence-corrected chi connectivity index (χ4v) is 3.96. The second kappa shape index (κ2) is 8.23. The van der Waals surface area contributed by atoms with Gasteiger partial charge >= 0.3 is 5.97 Å². The largest absolute Gasteiger partial charge is 0.478 e. The Morgan fingerprint density at radius 3 is 2.08 bits per heavy atom. The highest BCUT2D eigenvalue weighted by atomic mass is 32.1. The zero-order valence-corrected chi connectivity index (χ0v) is 16.0. The molecule has 2 heterocycles. The summed E-state index contributed by atoms with van der Waals surface area (Å²) in [5.41, 5.74) is 2.70. The normalized spacial score (nSPS) is 14.1. The van der Waals surface area contributed by atoms with E-state index in [9.17, 15) is 4.79 Å². The predicted octanol–water partition coefficient (Wildman–Crippen LogP) is 4.95. The first-order chi connectivity index (χ1) is 12.7. The van der Waals surface area contributed by atoms with Crippen LogP contribution in [0.1, 0.15) is 24.2 Å². The lowest BCUT2D eigenvalue weighted by atomic mass is 10.1. The van der Waals surface area contributed by atoms with Gasteiger partial charge in [-0.2, -0.15) is 0 Å². The number of benzene rings is 2. The zero-order valence-electron chi connectivity index (χ0n) is 15.2. The molecular formula is C21H24N2O2S. The minimum Gasteiger partial charge on any atom is -0.478 e. The Morgan fingerprint density at radius 2 is 1.46 bits per heavy atom. The summed E-state index contributed by atoms with van der Waals surface area (Å²) in [5, 5.41) is 12.4. The van der Waals surface area contributed by atoms with E-state index in [1.54, 1.807) is 23.5 Å². The molecule has 1 saturated heterocycles. The fraction of sp³-hybridized carbons (Fsp3) is 0.286. The van der Waals surface area contributed by atoms with Gasteiger partial charge in [0.1, 0.15) is 0 Å². The van der Waals surface area contributed by atoms with E-state index in [0.29, 0.717) is 5.56 Å². The highest BCUT2D eigenvalue weighted by molar-refractivity contribution is 7.17. The molecule has 0 saturated carbocycles. The second-order valence-corrected chi connectivity index (χ2v) is 6.92. The lowest BCUT2D eigenvalue weighted by Gasteiger charge is -2.37. The monoisotopic (exact) mass is 368 g/mol. The Kier molecular flexibility index (Phi) is 5.78. The zero-order chi connectivity index (χ0) is 18.5. The highest BCUT2D eigenvalue weighted by Crippen LogP contribution is 2.27. The minimum atomic E-state index is -0.879. The van der Waals surface area contributed by atoms with Crippen LogP contribution in [-0.2, 0) is 0 Å². The van der Waals surface area contributed by atoms with Gasteiger partial charge in [-0.25, -0.2) is 4.79 Å². The molecule has 0 atom stereocenters. The van der Waals surface area contributed by atoms with Gasteiger partial charge in [-0.1, -0.05) is 13.8 Å². The number of carbonyl (C=O) groups is 1. The van der Waals surface area contributed by atoms with Gasteiger partial charge < -0.3 is 14.9 Å². The molecule has 0 radical (unpaired) electrons. The van der Waals surface area contributed by atoms with Crippen molar-refractivity contribution in [1.29, 1.82) is 0 Å². The van der Waals surface area contributed by atoms with Crippen molar-refractivity contribution in [1.82, 2.24) is 0 Å². The first-order valence-electron chi connectivity index (χ1n) is 9.01. The van der Waals surface area contributed by atoms with Crippen LogP contribution in [0.15, 0.2) is 53.9 Å². The van der Waals surface area contributed by atoms with Gasteiger partial charge in [0.2, 0.25) is 0 Å². The Labute approximate surface area is 158 Å². The maximum Gasteiger partial charge on any atom is 0.335 e. The van der Waals surface area contributed by atoms with Crippen LogP contribution in [-0.4, -0.2) is 37.3 Å². The van der Waals surface area contributed by atoms with E-state index in [-0.39, 0.29) is 0 Å². The molecule has 1 fully saturated rings. The summed E-state index contributed by atoms with van der Waals surface area (Å²) >= 11 is 1.77. The number of carboxylic acids is 1. The van der Waals surface area contributed by atoms with Crippen molar-refractivity contribution in [2.75, 3.05) is 36.0 Å². The number of hydrogen-bond donors (Lipinski definition) is 1. The summed E-state index contributed by atoms with van der Waals surface area (Å²) < 4.78 is 1.33. The van der Waals surface area contributed by atoms with Crippen LogP contribution >= 0.6 is 11.3 Å². The first kappa shape index (κ1) is 18.3. The number of aromatic carboxylic acids is 1. The maximum atomic E-state index is 10.9. The molecule has 4 nitrogen and oxygen atoms in total. The summed E-state index contributed by atoms with van der Waals surface area (Å²) in [6.45, 7) is 7.81. The number of rotatable bonds is 3. The molecular weight excluding hydrogens is 344 g/mol. The van der Waals surface area contributed by atoms with Gasteiger partial charge in [-0.05, 0) is 59.3 Å². The van der Waals surface area contributed by atoms with Crippen LogP contribution in [0.4, 0.5) is 11.4 Å². The van der Waals surface area contributed by atoms with Crippen molar-refractivity contribution >= 4 is 38.8 Å². The molecule has 4 rings (SSSR count). The van der Waals surface area contributed by atoms with Crippen molar-refractivity contribution < 1.29 is 9.90 Å². The molecule has 0 amide bonds. The maximum absolute atomic E-state index is 10.9. The van der Waals surface area contributed by atoms with Crippen LogP contribution in [0, 0.1) is 0 Å². The number of fused-ring (bicyclic) bond motifs is 1. The van der Waals surface area contributed by atoms with Crippen molar-refractivity contribution in [3.63, 3.8) is 0 Å². The van der Waals surface area contributed by atoms with Crippen LogP contribution in [0.2, 0.25) is 0 Å². The van der Waals surface area contributed by atoms with E-state index >= 15 is 0 Å². The Balaban J connectivity index is 0.000000948. The molecule has 136 valence electrons. The van der Waals surface area contributed by atoms with Crippen LogP contribution in [0.3, 0.4) is 0 Å². The SMILES string of the molecule is CC.O=C(O)c1ccc(N2CCN(c3ccc4sccc4c3)CC2)cc1. The quantitative estimate of drug-likeness (QED) is 0.710. The van der Waals surface area contributed by atoms with E-state index in [1.807, 2.05) is 26.0 Å². The van der Waals surface area contributed by atoms with E-state index in [4.69, 9.17) is 5.11 Å². The van der Waals surface area contributed by atoms with Crippen molar-refractivity contribution in [2.24, 2.45) is 0 Å². The molecule has 3 aromatic rings. The molecule has 2 aromatic carbocycles. The summed E-state index contributed by atoms with van der Waals surface area (Å²) in [6.07, 6.45) is 0. The van der Waals surface area contributed by atoms with E-state index in [1.165, 1.54) is 15.8 Å². The number of carboxylic acid groups (broad SMARTS) is 1. The third-order valence-corrected chi connectivity index (χ3v) is 5.46. The smallest absolute Gasteiger partial charge is 0.335 e. The standard InChI is InChI=1S/C19H18N2O2S.C2H6/c22-19(23)14-1-3-16(4-2-14)20-8-10-21(11-9-20)17-5-6-18-15(13-17)7-12-24-18;1-2/h1-7,12-13H,8-11H2,(H,22,23);1-2H3. The summed E-state index contributed by atoms with van der Waals surface area (Å²) in [6, 6.07) is 16.0. The van der Waals surface area contributed by atoms with Gasteiger partial charge in [0.05, 0.1) is 5.56 Å². The molecule has 1 aromatic heterocycles. The van der Waals surface area contributed by atoms with E-state index in [0.717, 1.165) is 31.9 Å². The third kappa shape index (κ3) is 3.83. The van der Waals surface area contributed by atoms with Crippen LogP contribution < -0.4 is 9.80 Å². The predicted molar refractivity (Wildman–Crippen MR) is 111 cm³/mol. The Morgan fingerprint density at radius 1 is 0.885 bits per heavy atom. The van der Waals surface area contributed by atoms with Crippen LogP contribution in [0.5, 0.6) is 0 Å². The molecule has 1 aliphatic heterocycles. The fourth-order valence-electron chi connectivity index (χ4n) is 3.19. The number of hydrogen-bond acceptors (Lipinski definition) is 4. The van der Waals surface area contributed by atoms with Gasteiger partial charge in [-0.3, -0.25) is 0 Å². The van der Waals surface area contributed by atoms with Gasteiger partial charge in [0.25, 0.3) is 0 Å². The molecule has 5 heteroatoms.